The highest BCUT2D eigenvalue weighted by Gasteiger charge is 1.97. The van der Waals surface area contributed by atoms with Gasteiger partial charge in [-0.3, -0.25) is 0 Å². The quantitative estimate of drug-likeness (QED) is 0.615. The van der Waals surface area contributed by atoms with Crippen molar-refractivity contribution in [2.24, 2.45) is 0 Å². The Labute approximate surface area is 114 Å². The van der Waals surface area contributed by atoms with Crippen LogP contribution in [0.1, 0.15) is 12.5 Å². The van der Waals surface area contributed by atoms with Gasteiger partial charge in [0.15, 0.2) is 0 Å². The number of nitrogens with two attached hydrogens (primary N) is 1. The summed E-state index contributed by atoms with van der Waals surface area (Å²) in [5.74, 6) is 0.903. The monoisotopic (exact) mass is 256 g/mol. The third-order valence-electron chi connectivity index (χ3n) is 2.98. The Kier molecular flexibility index (Phi) is 4.67. The minimum absolute atomic E-state index is 0.611. The third-order valence-corrected chi connectivity index (χ3v) is 2.98. The number of hydrogen-bond donors (Lipinski definition) is 2. The second-order valence-electron chi connectivity index (χ2n) is 4.36. The van der Waals surface area contributed by atoms with Crippen molar-refractivity contribution in [2.75, 3.05) is 24.2 Å². The first-order valence-corrected chi connectivity index (χ1v) is 6.59. The lowest BCUT2D eigenvalue weighted by Crippen LogP contribution is -2.12. The highest BCUT2D eigenvalue weighted by atomic mass is 16.5. The molecule has 0 radical (unpaired) electrons. The van der Waals surface area contributed by atoms with Crippen LogP contribution in [0.25, 0.3) is 0 Å². The Morgan fingerprint density at radius 3 is 2.47 bits per heavy atom. The van der Waals surface area contributed by atoms with Crippen LogP contribution in [0.15, 0.2) is 48.5 Å². The summed E-state index contributed by atoms with van der Waals surface area (Å²) in [6.07, 6.45) is 1.05. The standard InChI is InChI=1S/C16H20N2O/c1-2-13-7-9-14(10-8-13)19-12-11-18-16-6-4-3-5-15(16)17/h3-10,18H,2,11-12,17H2,1H3. The lowest BCUT2D eigenvalue weighted by atomic mass is 10.2. The Morgan fingerprint density at radius 1 is 1.05 bits per heavy atom. The maximum Gasteiger partial charge on any atom is 0.119 e. The van der Waals surface area contributed by atoms with Crippen molar-refractivity contribution in [3.05, 3.63) is 54.1 Å². The van der Waals surface area contributed by atoms with Crippen molar-refractivity contribution in [3.63, 3.8) is 0 Å². The molecule has 2 aromatic carbocycles. The van der Waals surface area contributed by atoms with Crippen LogP contribution < -0.4 is 15.8 Å². The molecule has 100 valence electrons. The second-order valence-corrected chi connectivity index (χ2v) is 4.36. The van der Waals surface area contributed by atoms with Crippen molar-refractivity contribution in [1.29, 1.82) is 0 Å². The van der Waals surface area contributed by atoms with Crippen LogP contribution in [0.3, 0.4) is 0 Å². The van der Waals surface area contributed by atoms with Crippen molar-refractivity contribution >= 4 is 11.4 Å². The SMILES string of the molecule is CCc1ccc(OCCNc2ccccc2N)cc1. The van der Waals surface area contributed by atoms with Crippen LogP contribution in [0, 0.1) is 0 Å². The summed E-state index contributed by atoms with van der Waals surface area (Å²) >= 11 is 0. The molecule has 19 heavy (non-hydrogen) atoms. The number of hydrogen-bond acceptors (Lipinski definition) is 3. The molecule has 2 rings (SSSR count). The van der Waals surface area contributed by atoms with E-state index in [4.69, 9.17) is 10.5 Å². The van der Waals surface area contributed by atoms with E-state index in [1.165, 1.54) is 5.56 Å². The Morgan fingerprint density at radius 2 is 1.79 bits per heavy atom. The van der Waals surface area contributed by atoms with Gasteiger partial charge < -0.3 is 15.8 Å². The fourth-order valence-electron chi connectivity index (χ4n) is 1.83. The average molecular weight is 256 g/mol. The summed E-state index contributed by atoms with van der Waals surface area (Å²) in [5.41, 5.74) is 8.87. The smallest absolute Gasteiger partial charge is 0.119 e. The van der Waals surface area contributed by atoms with Gasteiger partial charge in [0.2, 0.25) is 0 Å². The van der Waals surface area contributed by atoms with Gasteiger partial charge in [-0.2, -0.15) is 0 Å². The minimum atomic E-state index is 0.611. The zero-order valence-electron chi connectivity index (χ0n) is 11.2. The van der Waals surface area contributed by atoms with Crippen molar-refractivity contribution in [1.82, 2.24) is 0 Å². The molecular formula is C16H20N2O. The van der Waals surface area contributed by atoms with Crippen LogP contribution in [0.2, 0.25) is 0 Å². The van der Waals surface area contributed by atoms with Crippen LogP contribution in [-0.2, 0) is 6.42 Å². The number of anilines is 2. The first-order valence-electron chi connectivity index (χ1n) is 6.59. The van der Waals surface area contributed by atoms with E-state index in [0.717, 1.165) is 30.1 Å². The molecule has 0 atom stereocenters. The molecule has 0 aromatic heterocycles. The fourth-order valence-corrected chi connectivity index (χ4v) is 1.83. The van der Waals surface area contributed by atoms with Gasteiger partial charge >= 0.3 is 0 Å². The molecule has 0 unspecified atom stereocenters. The third kappa shape index (κ3) is 3.91. The van der Waals surface area contributed by atoms with Crippen LogP contribution in [-0.4, -0.2) is 13.2 Å². The van der Waals surface area contributed by atoms with Gasteiger partial charge in [0.1, 0.15) is 12.4 Å². The summed E-state index contributed by atoms with van der Waals surface area (Å²) in [6, 6.07) is 15.9. The van der Waals surface area contributed by atoms with Crippen LogP contribution in [0.4, 0.5) is 11.4 Å². The molecule has 0 aliphatic carbocycles. The first-order chi connectivity index (χ1) is 9.29. The number of ether oxygens (including phenoxy) is 1. The number of aryl methyl sites for hydroxylation is 1. The maximum atomic E-state index is 5.84. The lowest BCUT2D eigenvalue weighted by Gasteiger charge is -2.10. The van der Waals surface area contributed by atoms with E-state index in [-0.39, 0.29) is 0 Å². The molecule has 0 aliphatic heterocycles. The predicted octanol–water partition coefficient (Wildman–Crippen LogP) is 3.32. The van der Waals surface area contributed by atoms with E-state index >= 15 is 0 Å². The molecule has 0 saturated carbocycles. The Balaban J connectivity index is 1.76. The van der Waals surface area contributed by atoms with E-state index in [1.807, 2.05) is 36.4 Å². The number of para-hydroxylation sites is 2. The number of nitrogen functional groups attached to an aromatic ring is 1. The topological polar surface area (TPSA) is 47.3 Å². The number of nitrogens with one attached hydrogen (secondary N) is 1. The second kappa shape index (κ2) is 6.69. The van der Waals surface area contributed by atoms with Crippen molar-refractivity contribution in [2.45, 2.75) is 13.3 Å². The molecule has 0 aliphatic rings. The van der Waals surface area contributed by atoms with Crippen LogP contribution >= 0.6 is 0 Å². The highest BCUT2D eigenvalue weighted by Crippen LogP contribution is 2.16. The van der Waals surface area contributed by atoms with E-state index in [9.17, 15) is 0 Å². The summed E-state index contributed by atoms with van der Waals surface area (Å²) < 4.78 is 5.66. The minimum Gasteiger partial charge on any atom is -0.492 e. The highest BCUT2D eigenvalue weighted by molar-refractivity contribution is 5.65. The molecule has 0 amide bonds. The van der Waals surface area contributed by atoms with Gasteiger partial charge in [-0.05, 0) is 36.2 Å². The summed E-state index contributed by atoms with van der Waals surface area (Å²) in [6.45, 7) is 3.48. The molecule has 3 heteroatoms. The van der Waals surface area contributed by atoms with Gasteiger partial charge in [0.25, 0.3) is 0 Å². The van der Waals surface area contributed by atoms with E-state index in [1.54, 1.807) is 0 Å². The molecule has 0 heterocycles. The maximum absolute atomic E-state index is 5.84. The van der Waals surface area contributed by atoms with Crippen molar-refractivity contribution < 1.29 is 4.74 Å². The first kappa shape index (κ1) is 13.3. The largest absolute Gasteiger partial charge is 0.492 e. The van der Waals surface area contributed by atoms with E-state index < -0.39 is 0 Å². The Bertz CT molecular complexity index is 508. The molecule has 3 N–H and O–H groups in total. The predicted molar refractivity (Wildman–Crippen MR) is 80.7 cm³/mol. The molecule has 0 saturated heterocycles. The molecule has 0 fully saturated rings. The Hall–Kier alpha value is -2.16. The zero-order chi connectivity index (χ0) is 13.5. The van der Waals surface area contributed by atoms with Crippen LogP contribution in [0.5, 0.6) is 5.75 Å². The lowest BCUT2D eigenvalue weighted by molar-refractivity contribution is 0.333. The number of benzene rings is 2. The summed E-state index contributed by atoms with van der Waals surface area (Å²) in [7, 11) is 0. The molecule has 0 bridgehead atoms. The zero-order valence-corrected chi connectivity index (χ0v) is 11.2. The average Bonchev–Trinajstić information content (AvgIpc) is 2.46. The molecule has 3 nitrogen and oxygen atoms in total. The fraction of sp³-hybridized carbons (Fsp3) is 0.250. The van der Waals surface area contributed by atoms with Crippen molar-refractivity contribution in [3.8, 4) is 5.75 Å². The molecule has 2 aromatic rings. The molecular weight excluding hydrogens is 236 g/mol. The van der Waals surface area contributed by atoms with Gasteiger partial charge in [-0.25, -0.2) is 0 Å². The summed E-state index contributed by atoms with van der Waals surface area (Å²) in [5, 5.41) is 3.26. The van der Waals surface area contributed by atoms with Gasteiger partial charge in [-0.15, -0.1) is 0 Å². The van der Waals surface area contributed by atoms with E-state index in [0.29, 0.717) is 6.61 Å². The van der Waals surface area contributed by atoms with Gasteiger partial charge in [0, 0.05) is 6.54 Å². The van der Waals surface area contributed by atoms with E-state index in [2.05, 4.69) is 24.4 Å². The van der Waals surface area contributed by atoms with Gasteiger partial charge in [0.05, 0.1) is 11.4 Å². The summed E-state index contributed by atoms with van der Waals surface area (Å²) in [4.78, 5) is 0. The normalized spacial score (nSPS) is 10.2. The van der Waals surface area contributed by atoms with Gasteiger partial charge in [-0.1, -0.05) is 31.2 Å². The number of rotatable bonds is 6. The molecule has 0 spiro atoms.